The van der Waals surface area contributed by atoms with Gasteiger partial charge in [0.2, 0.25) is 15.9 Å². The van der Waals surface area contributed by atoms with Gasteiger partial charge in [0.25, 0.3) is 0 Å². The molecule has 1 N–H and O–H groups in total. The summed E-state index contributed by atoms with van der Waals surface area (Å²) in [4.78, 5) is 13.0. The van der Waals surface area contributed by atoms with Crippen molar-refractivity contribution in [2.75, 3.05) is 15.9 Å². The van der Waals surface area contributed by atoms with Crippen LogP contribution in [0.4, 0.5) is 11.4 Å². The van der Waals surface area contributed by atoms with Crippen molar-refractivity contribution in [3.05, 3.63) is 59.2 Å². The van der Waals surface area contributed by atoms with Crippen molar-refractivity contribution in [3.63, 3.8) is 0 Å². The number of carbonyl (C=O) groups excluding carboxylic acids is 1. The highest BCUT2D eigenvalue weighted by Gasteiger charge is 2.31. The molecule has 0 heterocycles. The molecule has 2 aromatic carbocycles. The van der Waals surface area contributed by atoms with Crippen LogP contribution in [-0.4, -0.2) is 26.6 Å². The number of carbonyl (C=O) groups is 1. The molecule has 2 rings (SSSR count). The van der Waals surface area contributed by atoms with Gasteiger partial charge in [-0.1, -0.05) is 39.0 Å². The summed E-state index contributed by atoms with van der Waals surface area (Å²) in [5, 5.41) is 2.87. The van der Waals surface area contributed by atoms with Crippen LogP contribution in [0.5, 0.6) is 0 Å². The van der Waals surface area contributed by atoms with E-state index < -0.39 is 16.1 Å². The van der Waals surface area contributed by atoms with Gasteiger partial charge >= 0.3 is 0 Å². The third kappa shape index (κ3) is 5.35. The Morgan fingerprint density at radius 1 is 1.04 bits per heavy atom. The summed E-state index contributed by atoms with van der Waals surface area (Å²) in [7, 11) is -3.65. The largest absolute Gasteiger partial charge is 0.324 e. The maximum absolute atomic E-state index is 13.0. The van der Waals surface area contributed by atoms with Crippen molar-refractivity contribution in [2.24, 2.45) is 0 Å². The second-order valence-corrected chi connectivity index (χ2v) is 9.45. The lowest BCUT2D eigenvalue weighted by molar-refractivity contribution is -0.117. The molecular formula is C22H30N2O3S. The first kappa shape index (κ1) is 22.0. The van der Waals surface area contributed by atoms with Gasteiger partial charge in [-0.15, -0.1) is 0 Å². The van der Waals surface area contributed by atoms with Crippen molar-refractivity contribution in [3.8, 4) is 0 Å². The minimum atomic E-state index is -3.65. The highest BCUT2D eigenvalue weighted by atomic mass is 32.2. The van der Waals surface area contributed by atoms with E-state index in [2.05, 4.69) is 19.2 Å². The fourth-order valence-corrected chi connectivity index (χ4v) is 4.51. The number of nitrogens with one attached hydrogen (secondary N) is 1. The Bertz CT molecular complexity index is 915. The van der Waals surface area contributed by atoms with Gasteiger partial charge in [0.05, 0.1) is 11.9 Å². The molecular weight excluding hydrogens is 372 g/mol. The van der Waals surface area contributed by atoms with E-state index in [0.29, 0.717) is 23.7 Å². The summed E-state index contributed by atoms with van der Waals surface area (Å²) < 4.78 is 26.4. The molecule has 0 spiro atoms. The smallest absolute Gasteiger partial charge is 0.248 e. The predicted molar refractivity (Wildman–Crippen MR) is 116 cm³/mol. The Balaban J connectivity index is 2.36. The lowest BCUT2D eigenvalue weighted by atomic mass is 10.0. The lowest BCUT2D eigenvalue weighted by Gasteiger charge is -2.30. The maximum atomic E-state index is 13.0. The van der Waals surface area contributed by atoms with Crippen molar-refractivity contribution >= 4 is 27.3 Å². The molecule has 2 aromatic rings. The molecule has 5 nitrogen and oxygen atoms in total. The third-order valence-electron chi connectivity index (χ3n) is 4.64. The summed E-state index contributed by atoms with van der Waals surface area (Å²) in [6, 6.07) is 12.4. The van der Waals surface area contributed by atoms with Gasteiger partial charge in [0, 0.05) is 5.69 Å². The topological polar surface area (TPSA) is 66.5 Å². The van der Waals surface area contributed by atoms with Crippen LogP contribution in [0.2, 0.25) is 0 Å². The zero-order chi connectivity index (χ0) is 21.1. The first-order chi connectivity index (χ1) is 13.0. The van der Waals surface area contributed by atoms with Crippen LogP contribution in [0.1, 0.15) is 49.8 Å². The Kier molecular flexibility index (Phi) is 6.88. The summed E-state index contributed by atoms with van der Waals surface area (Å²) in [5.74, 6) is 0.0582. The van der Waals surface area contributed by atoms with Crippen LogP contribution < -0.4 is 9.62 Å². The molecule has 1 unspecified atom stereocenters. The summed E-state index contributed by atoms with van der Waals surface area (Å²) in [5.41, 5.74) is 4.24. The average molecular weight is 403 g/mol. The molecule has 0 aliphatic heterocycles. The standard InChI is InChI=1S/C22H30N2O3S/c1-7-21(22(25)23-19-10-8-18(9-11-19)15(2)3)24(28(6,26)27)20-13-16(4)12-17(5)14-20/h8-15,21H,7H2,1-6H3,(H,23,25). The van der Waals surface area contributed by atoms with Crippen LogP contribution in [0.3, 0.4) is 0 Å². The Labute approximate surface area is 168 Å². The number of hydrogen-bond acceptors (Lipinski definition) is 3. The highest BCUT2D eigenvalue weighted by molar-refractivity contribution is 7.92. The Hall–Kier alpha value is -2.34. The average Bonchev–Trinajstić information content (AvgIpc) is 2.57. The van der Waals surface area contributed by atoms with Gasteiger partial charge in [-0.2, -0.15) is 0 Å². The van der Waals surface area contributed by atoms with E-state index in [-0.39, 0.29) is 5.91 Å². The molecule has 0 aliphatic rings. The molecule has 1 amide bonds. The summed E-state index contributed by atoms with van der Waals surface area (Å²) in [6.45, 7) is 9.85. The minimum Gasteiger partial charge on any atom is -0.324 e. The van der Waals surface area contributed by atoms with Crippen LogP contribution >= 0.6 is 0 Å². The molecule has 0 bridgehead atoms. The fraction of sp³-hybridized carbons (Fsp3) is 0.409. The zero-order valence-electron chi connectivity index (χ0n) is 17.5. The summed E-state index contributed by atoms with van der Waals surface area (Å²) in [6.07, 6.45) is 1.49. The Morgan fingerprint density at radius 3 is 2.00 bits per heavy atom. The number of nitrogens with zero attached hydrogens (tertiary/aromatic N) is 1. The normalized spacial score (nSPS) is 12.7. The number of aryl methyl sites for hydroxylation is 2. The number of amides is 1. The number of anilines is 2. The molecule has 0 saturated carbocycles. The zero-order valence-corrected chi connectivity index (χ0v) is 18.3. The van der Waals surface area contributed by atoms with Gasteiger partial charge < -0.3 is 5.32 Å². The van der Waals surface area contributed by atoms with Crippen LogP contribution in [0.25, 0.3) is 0 Å². The number of hydrogen-bond donors (Lipinski definition) is 1. The number of benzene rings is 2. The van der Waals surface area contributed by atoms with E-state index in [0.717, 1.165) is 17.4 Å². The quantitative estimate of drug-likeness (QED) is 0.735. The lowest BCUT2D eigenvalue weighted by Crippen LogP contribution is -2.47. The highest BCUT2D eigenvalue weighted by Crippen LogP contribution is 2.26. The molecule has 0 fully saturated rings. The molecule has 0 saturated heterocycles. The molecule has 6 heteroatoms. The second-order valence-electron chi connectivity index (χ2n) is 7.59. The van der Waals surface area contributed by atoms with E-state index in [1.165, 1.54) is 9.87 Å². The minimum absolute atomic E-state index is 0.343. The van der Waals surface area contributed by atoms with Crippen LogP contribution in [0, 0.1) is 13.8 Å². The van der Waals surface area contributed by atoms with E-state index in [1.54, 1.807) is 12.1 Å². The molecule has 0 aliphatic carbocycles. The van der Waals surface area contributed by atoms with Crippen molar-refractivity contribution in [2.45, 2.75) is 53.0 Å². The molecule has 0 radical (unpaired) electrons. The molecule has 1 atom stereocenters. The Morgan fingerprint density at radius 2 is 1.57 bits per heavy atom. The van der Waals surface area contributed by atoms with E-state index >= 15 is 0 Å². The van der Waals surface area contributed by atoms with Crippen LogP contribution in [-0.2, 0) is 14.8 Å². The van der Waals surface area contributed by atoms with Gasteiger partial charge in [0.1, 0.15) is 6.04 Å². The van der Waals surface area contributed by atoms with E-state index in [9.17, 15) is 13.2 Å². The van der Waals surface area contributed by atoms with Gasteiger partial charge in [0.15, 0.2) is 0 Å². The van der Waals surface area contributed by atoms with Crippen molar-refractivity contribution in [1.82, 2.24) is 0 Å². The van der Waals surface area contributed by atoms with Crippen molar-refractivity contribution in [1.29, 1.82) is 0 Å². The molecule has 152 valence electrons. The van der Waals surface area contributed by atoms with E-state index in [1.807, 2.05) is 51.1 Å². The summed E-state index contributed by atoms with van der Waals surface area (Å²) >= 11 is 0. The third-order valence-corrected chi connectivity index (χ3v) is 5.82. The predicted octanol–water partition coefficient (Wildman–Crippen LogP) is 4.61. The maximum Gasteiger partial charge on any atom is 0.248 e. The molecule has 0 aromatic heterocycles. The monoisotopic (exact) mass is 402 g/mol. The number of rotatable bonds is 7. The van der Waals surface area contributed by atoms with Gasteiger partial charge in [-0.05, 0) is 67.1 Å². The van der Waals surface area contributed by atoms with E-state index in [4.69, 9.17) is 0 Å². The number of sulfonamides is 1. The van der Waals surface area contributed by atoms with Crippen molar-refractivity contribution < 1.29 is 13.2 Å². The van der Waals surface area contributed by atoms with Crippen LogP contribution in [0.15, 0.2) is 42.5 Å². The fourth-order valence-electron chi connectivity index (χ4n) is 3.32. The first-order valence-corrected chi connectivity index (χ1v) is 11.4. The van der Waals surface area contributed by atoms with Gasteiger partial charge in [-0.3, -0.25) is 9.10 Å². The second kappa shape index (κ2) is 8.78. The first-order valence-electron chi connectivity index (χ1n) is 9.51. The molecule has 28 heavy (non-hydrogen) atoms. The SMILES string of the molecule is CCC(C(=O)Nc1ccc(C(C)C)cc1)N(c1cc(C)cc(C)c1)S(C)(=O)=O. The van der Waals surface area contributed by atoms with Gasteiger partial charge in [-0.25, -0.2) is 8.42 Å².